The van der Waals surface area contributed by atoms with E-state index in [4.69, 9.17) is 10.5 Å². The SMILES string of the molecule is CCOc1cccc(CN2CCc3nc(N)[nH]c(=O)c3C2)c1O. The van der Waals surface area contributed by atoms with Crippen LogP contribution in [-0.2, 0) is 19.5 Å². The molecule has 0 aliphatic carbocycles. The van der Waals surface area contributed by atoms with Gasteiger partial charge in [-0.05, 0) is 13.0 Å². The number of nitrogens with two attached hydrogens (primary N) is 1. The van der Waals surface area contributed by atoms with Crippen molar-refractivity contribution in [3.05, 3.63) is 45.4 Å². The van der Waals surface area contributed by atoms with Crippen LogP contribution >= 0.6 is 0 Å². The Balaban J connectivity index is 1.80. The van der Waals surface area contributed by atoms with Crippen molar-refractivity contribution in [3.8, 4) is 11.5 Å². The van der Waals surface area contributed by atoms with E-state index in [-0.39, 0.29) is 17.3 Å². The zero-order chi connectivity index (χ0) is 16.4. The van der Waals surface area contributed by atoms with Gasteiger partial charge in [-0.25, -0.2) is 4.98 Å². The fourth-order valence-electron chi connectivity index (χ4n) is 2.84. The van der Waals surface area contributed by atoms with E-state index in [1.807, 2.05) is 19.1 Å². The van der Waals surface area contributed by atoms with Crippen molar-refractivity contribution in [3.63, 3.8) is 0 Å². The third-order valence-corrected chi connectivity index (χ3v) is 3.94. The lowest BCUT2D eigenvalue weighted by Gasteiger charge is -2.27. The molecule has 2 heterocycles. The van der Waals surface area contributed by atoms with E-state index >= 15 is 0 Å². The van der Waals surface area contributed by atoms with Crippen LogP contribution in [0.5, 0.6) is 11.5 Å². The summed E-state index contributed by atoms with van der Waals surface area (Å²) in [4.78, 5) is 20.8. The highest BCUT2D eigenvalue weighted by atomic mass is 16.5. The molecule has 7 heteroatoms. The van der Waals surface area contributed by atoms with Crippen molar-refractivity contribution in [1.29, 1.82) is 0 Å². The van der Waals surface area contributed by atoms with Crippen molar-refractivity contribution >= 4 is 5.95 Å². The predicted octanol–water partition coefficient (Wildman–Crippen LogP) is 1.01. The quantitative estimate of drug-likeness (QED) is 0.778. The monoisotopic (exact) mass is 316 g/mol. The lowest BCUT2D eigenvalue weighted by atomic mass is 10.1. The summed E-state index contributed by atoms with van der Waals surface area (Å²) in [7, 11) is 0. The summed E-state index contributed by atoms with van der Waals surface area (Å²) in [5.41, 5.74) is 7.57. The number of aromatic amines is 1. The number of nitrogens with zero attached hydrogens (tertiary/aromatic N) is 2. The van der Waals surface area contributed by atoms with Gasteiger partial charge in [-0.15, -0.1) is 0 Å². The first-order chi connectivity index (χ1) is 11.1. The maximum absolute atomic E-state index is 12.0. The number of rotatable bonds is 4. The van der Waals surface area contributed by atoms with Gasteiger partial charge in [0.1, 0.15) is 0 Å². The van der Waals surface area contributed by atoms with Gasteiger partial charge >= 0.3 is 0 Å². The van der Waals surface area contributed by atoms with Crippen LogP contribution in [0.25, 0.3) is 0 Å². The van der Waals surface area contributed by atoms with Crippen LogP contribution in [0.1, 0.15) is 23.7 Å². The third-order valence-electron chi connectivity index (χ3n) is 3.94. The molecule has 0 saturated heterocycles. The summed E-state index contributed by atoms with van der Waals surface area (Å²) in [5, 5.41) is 10.3. The number of hydrogen-bond donors (Lipinski definition) is 3. The highest BCUT2D eigenvalue weighted by molar-refractivity contribution is 5.45. The molecule has 0 radical (unpaired) electrons. The molecule has 0 atom stereocenters. The molecule has 0 unspecified atom stereocenters. The summed E-state index contributed by atoms with van der Waals surface area (Å²) in [5.74, 6) is 0.795. The Morgan fingerprint density at radius 1 is 1.48 bits per heavy atom. The summed E-state index contributed by atoms with van der Waals surface area (Å²) in [6.07, 6.45) is 0.662. The van der Waals surface area contributed by atoms with Crippen LogP contribution in [0.2, 0.25) is 0 Å². The summed E-state index contributed by atoms with van der Waals surface area (Å²) >= 11 is 0. The number of aromatic hydroxyl groups is 1. The molecule has 122 valence electrons. The number of aromatic nitrogens is 2. The number of hydrogen-bond acceptors (Lipinski definition) is 6. The van der Waals surface area contributed by atoms with E-state index in [9.17, 15) is 9.90 Å². The van der Waals surface area contributed by atoms with E-state index in [2.05, 4.69) is 14.9 Å². The van der Waals surface area contributed by atoms with Gasteiger partial charge in [-0.2, -0.15) is 0 Å². The number of ether oxygens (including phenoxy) is 1. The number of nitrogens with one attached hydrogen (secondary N) is 1. The second-order valence-electron chi connectivity index (χ2n) is 5.53. The molecule has 2 aromatic rings. The number of phenolic OH excluding ortho intramolecular Hbond substituents is 1. The predicted molar refractivity (Wildman–Crippen MR) is 86.4 cm³/mol. The van der Waals surface area contributed by atoms with Crippen molar-refractivity contribution in [1.82, 2.24) is 14.9 Å². The Bertz CT molecular complexity index is 772. The minimum Gasteiger partial charge on any atom is -0.504 e. The first-order valence-corrected chi connectivity index (χ1v) is 7.62. The molecule has 0 amide bonds. The molecule has 1 aromatic carbocycles. The van der Waals surface area contributed by atoms with Gasteiger partial charge in [-0.1, -0.05) is 12.1 Å². The van der Waals surface area contributed by atoms with Gasteiger partial charge in [0.15, 0.2) is 11.5 Å². The van der Waals surface area contributed by atoms with Gasteiger partial charge in [0, 0.05) is 31.6 Å². The highest BCUT2D eigenvalue weighted by Crippen LogP contribution is 2.31. The summed E-state index contributed by atoms with van der Waals surface area (Å²) in [6.45, 7) is 4.14. The minimum atomic E-state index is -0.190. The average Bonchev–Trinajstić information content (AvgIpc) is 2.52. The molecule has 7 nitrogen and oxygen atoms in total. The highest BCUT2D eigenvalue weighted by Gasteiger charge is 2.22. The fourth-order valence-corrected chi connectivity index (χ4v) is 2.84. The standard InChI is InChI=1S/C16H20N4O3/c1-2-23-13-5-3-4-10(14(13)21)8-20-7-6-12-11(9-20)15(22)19-16(17)18-12/h3-5,21H,2,6-9H2,1H3,(H3,17,18,19,22). The maximum atomic E-state index is 12.0. The third kappa shape index (κ3) is 3.14. The van der Waals surface area contributed by atoms with Crippen LogP contribution in [0, 0.1) is 0 Å². The molecular formula is C16H20N4O3. The molecule has 0 bridgehead atoms. The van der Waals surface area contributed by atoms with Crippen LogP contribution in [-0.4, -0.2) is 33.1 Å². The van der Waals surface area contributed by atoms with E-state index in [1.165, 1.54) is 0 Å². The number of nitrogen functional groups attached to an aromatic ring is 1. The number of benzene rings is 1. The molecule has 4 N–H and O–H groups in total. The van der Waals surface area contributed by atoms with Crippen LogP contribution in [0.15, 0.2) is 23.0 Å². The molecule has 0 spiro atoms. The van der Waals surface area contributed by atoms with E-state index in [0.29, 0.717) is 37.4 Å². The van der Waals surface area contributed by atoms with Crippen LogP contribution in [0.4, 0.5) is 5.95 Å². The number of phenols is 1. The molecule has 1 aliphatic rings. The lowest BCUT2D eigenvalue weighted by Crippen LogP contribution is -2.35. The Labute approximate surface area is 133 Å². The molecular weight excluding hydrogens is 296 g/mol. The van der Waals surface area contributed by atoms with E-state index in [1.54, 1.807) is 6.07 Å². The summed E-state index contributed by atoms with van der Waals surface area (Å²) in [6, 6.07) is 5.46. The zero-order valence-electron chi connectivity index (χ0n) is 13.0. The van der Waals surface area contributed by atoms with Gasteiger partial charge in [0.25, 0.3) is 5.56 Å². The smallest absolute Gasteiger partial charge is 0.257 e. The molecule has 0 fully saturated rings. The van der Waals surface area contributed by atoms with Crippen LogP contribution < -0.4 is 16.0 Å². The first-order valence-electron chi connectivity index (χ1n) is 7.62. The van der Waals surface area contributed by atoms with Crippen molar-refractivity contribution in [2.45, 2.75) is 26.4 Å². The lowest BCUT2D eigenvalue weighted by molar-refractivity contribution is 0.237. The molecule has 0 saturated carbocycles. The van der Waals surface area contributed by atoms with Crippen molar-refractivity contribution in [2.24, 2.45) is 0 Å². The van der Waals surface area contributed by atoms with Gasteiger partial charge in [0.2, 0.25) is 5.95 Å². The zero-order valence-corrected chi connectivity index (χ0v) is 13.0. The van der Waals surface area contributed by atoms with Gasteiger partial charge < -0.3 is 15.6 Å². The Morgan fingerprint density at radius 2 is 2.30 bits per heavy atom. The normalized spacial score (nSPS) is 14.5. The number of anilines is 1. The summed E-state index contributed by atoms with van der Waals surface area (Å²) < 4.78 is 5.41. The van der Waals surface area contributed by atoms with Crippen molar-refractivity contribution in [2.75, 3.05) is 18.9 Å². The molecule has 1 aliphatic heterocycles. The first kappa shape index (κ1) is 15.4. The van der Waals surface area contributed by atoms with Gasteiger partial charge in [-0.3, -0.25) is 14.7 Å². The largest absolute Gasteiger partial charge is 0.504 e. The minimum absolute atomic E-state index is 0.157. The maximum Gasteiger partial charge on any atom is 0.257 e. The second kappa shape index (κ2) is 6.29. The Kier molecular flexibility index (Phi) is 4.20. The number of H-pyrrole nitrogens is 1. The average molecular weight is 316 g/mol. The molecule has 1 aromatic heterocycles. The van der Waals surface area contributed by atoms with Gasteiger partial charge in [0.05, 0.1) is 17.9 Å². The number of fused-ring (bicyclic) bond motifs is 1. The fraction of sp³-hybridized carbons (Fsp3) is 0.375. The molecule has 3 rings (SSSR count). The van der Waals surface area contributed by atoms with Crippen molar-refractivity contribution < 1.29 is 9.84 Å². The van der Waals surface area contributed by atoms with E-state index in [0.717, 1.165) is 17.8 Å². The topological polar surface area (TPSA) is 104 Å². The second-order valence-corrected chi connectivity index (χ2v) is 5.53. The van der Waals surface area contributed by atoms with Crippen LogP contribution in [0.3, 0.4) is 0 Å². The molecule has 23 heavy (non-hydrogen) atoms. The number of para-hydroxylation sites is 1. The Hall–Kier alpha value is -2.54. The Morgan fingerprint density at radius 3 is 3.09 bits per heavy atom. The van der Waals surface area contributed by atoms with E-state index < -0.39 is 0 Å².